The third-order valence-corrected chi connectivity index (χ3v) is 2.57. The molecule has 1 aromatic carbocycles. The Morgan fingerprint density at radius 3 is 2.05 bits per heavy atom. The Bertz CT molecular complexity index is 369. The molecule has 0 aliphatic heterocycles. The first-order chi connectivity index (χ1) is 10.4. The molecule has 0 radical (unpaired) electrons. The van der Waals surface area contributed by atoms with Crippen molar-refractivity contribution in [3.63, 3.8) is 0 Å². The van der Waals surface area contributed by atoms with Crippen LogP contribution in [0.1, 0.15) is 0 Å². The van der Waals surface area contributed by atoms with Gasteiger partial charge in [-0.15, -0.1) is 0 Å². The molecule has 0 atom stereocenters. The van der Waals surface area contributed by atoms with Crippen molar-refractivity contribution in [3.05, 3.63) is 24.3 Å². The molecule has 6 heteroatoms. The van der Waals surface area contributed by atoms with Crippen molar-refractivity contribution < 1.29 is 23.7 Å². The molecular weight excluding hydrogens is 274 g/mol. The number of nitrogens with one attached hydrogen (secondary N) is 1. The van der Waals surface area contributed by atoms with Gasteiger partial charge in [-0.1, -0.05) is 0 Å². The first-order valence-electron chi connectivity index (χ1n) is 6.94. The summed E-state index contributed by atoms with van der Waals surface area (Å²) in [5, 5.41) is 3.05. The summed E-state index contributed by atoms with van der Waals surface area (Å²) in [7, 11) is 1.88. The summed E-state index contributed by atoms with van der Waals surface area (Å²) in [4.78, 5) is 9.97. The molecule has 1 rings (SSSR count). The minimum absolute atomic E-state index is 0.118. The molecule has 0 saturated carbocycles. The number of rotatable bonds is 13. The summed E-state index contributed by atoms with van der Waals surface area (Å²) < 4.78 is 21.1. The Morgan fingerprint density at radius 2 is 1.48 bits per heavy atom. The maximum absolute atomic E-state index is 9.97. The van der Waals surface area contributed by atoms with Gasteiger partial charge in [-0.2, -0.15) is 0 Å². The minimum Gasteiger partial charge on any atom is -0.491 e. The monoisotopic (exact) mass is 297 g/mol. The van der Waals surface area contributed by atoms with Gasteiger partial charge in [0.05, 0.1) is 33.0 Å². The van der Waals surface area contributed by atoms with Crippen molar-refractivity contribution in [1.82, 2.24) is 0 Å². The van der Waals surface area contributed by atoms with Crippen LogP contribution in [-0.4, -0.2) is 59.6 Å². The van der Waals surface area contributed by atoms with Gasteiger partial charge in [0.2, 0.25) is 0 Å². The second kappa shape index (κ2) is 12.1. The lowest BCUT2D eigenvalue weighted by molar-refractivity contribution is -0.112. The van der Waals surface area contributed by atoms with Gasteiger partial charge in [0.1, 0.15) is 25.2 Å². The molecule has 0 fully saturated rings. The second-order valence-electron chi connectivity index (χ2n) is 4.09. The molecule has 0 amide bonds. The average Bonchev–Trinajstić information content (AvgIpc) is 2.53. The normalized spacial score (nSPS) is 10.3. The summed E-state index contributed by atoms with van der Waals surface area (Å²) in [6.45, 7) is 3.03. The van der Waals surface area contributed by atoms with Crippen LogP contribution in [0.3, 0.4) is 0 Å². The maximum atomic E-state index is 9.97. The smallest absolute Gasteiger partial charge is 0.145 e. The molecule has 1 N–H and O–H groups in total. The van der Waals surface area contributed by atoms with Gasteiger partial charge in [0.25, 0.3) is 0 Å². The van der Waals surface area contributed by atoms with Crippen LogP contribution in [0.5, 0.6) is 5.75 Å². The number of benzene rings is 1. The van der Waals surface area contributed by atoms with Crippen molar-refractivity contribution in [2.75, 3.05) is 58.6 Å². The van der Waals surface area contributed by atoms with Gasteiger partial charge in [0.15, 0.2) is 0 Å². The van der Waals surface area contributed by atoms with Crippen LogP contribution in [0.2, 0.25) is 0 Å². The molecule has 0 aliphatic rings. The zero-order chi connectivity index (χ0) is 15.2. The Morgan fingerprint density at radius 1 is 0.905 bits per heavy atom. The molecule has 0 bridgehead atoms. The lowest BCUT2D eigenvalue weighted by atomic mass is 10.3. The van der Waals surface area contributed by atoms with Gasteiger partial charge < -0.3 is 29.1 Å². The van der Waals surface area contributed by atoms with Crippen LogP contribution in [0, 0.1) is 0 Å². The van der Waals surface area contributed by atoms with Gasteiger partial charge in [-0.25, -0.2) is 0 Å². The average molecular weight is 297 g/mol. The first kappa shape index (κ1) is 17.4. The van der Waals surface area contributed by atoms with Crippen molar-refractivity contribution >= 4 is 12.0 Å². The van der Waals surface area contributed by atoms with Gasteiger partial charge in [-0.05, 0) is 24.3 Å². The van der Waals surface area contributed by atoms with Crippen molar-refractivity contribution in [2.24, 2.45) is 0 Å². The van der Waals surface area contributed by atoms with Crippen LogP contribution in [-0.2, 0) is 19.0 Å². The molecule has 0 aromatic heterocycles. The summed E-state index contributed by atoms with van der Waals surface area (Å²) in [5.41, 5.74) is 1.05. The highest BCUT2D eigenvalue weighted by Gasteiger charge is 1.95. The lowest BCUT2D eigenvalue weighted by Gasteiger charge is -2.08. The van der Waals surface area contributed by atoms with E-state index in [-0.39, 0.29) is 6.61 Å². The van der Waals surface area contributed by atoms with E-state index in [4.69, 9.17) is 18.9 Å². The number of aldehydes is 1. The summed E-state index contributed by atoms with van der Waals surface area (Å²) >= 11 is 0. The molecule has 118 valence electrons. The van der Waals surface area contributed by atoms with E-state index >= 15 is 0 Å². The van der Waals surface area contributed by atoms with Crippen LogP contribution in [0.25, 0.3) is 0 Å². The highest BCUT2D eigenvalue weighted by atomic mass is 16.6. The molecular formula is C15H23NO5. The van der Waals surface area contributed by atoms with E-state index in [0.29, 0.717) is 39.6 Å². The third kappa shape index (κ3) is 9.01. The van der Waals surface area contributed by atoms with E-state index in [0.717, 1.165) is 17.7 Å². The molecule has 0 aliphatic carbocycles. The van der Waals surface area contributed by atoms with Crippen LogP contribution >= 0.6 is 0 Å². The van der Waals surface area contributed by atoms with Gasteiger partial charge in [-0.3, -0.25) is 0 Å². The lowest BCUT2D eigenvalue weighted by Crippen LogP contribution is -2.13. The Labute approximate surface area is 125 Å². The number of ether oxygens (including phenoxy) is 4. The van der Waals surface area contributed by atoms with Crippen molar-refractivity contribution in [1.29, 1.82) is 0 Å². The molecule has 0 unspecified atom stereocenters. The molecule has 1 aromatic rings. The van der Waals surface area contributed by atoms with Crippen LogP contribution in [0.4, 0.5) is 5.69 Å². The van der Waals surface area contributed by atoms with Crippen molar-refractivity contribution in [2.45, 2.75) is 0 Å². The van der Waals surface area contributed by atoms with Crippen molar-refractivity contribution in [3.8, 4) is 5.75 Å². The Balaban J connectivity index is 1.89. The van der Waals surface area contributed by atoms with E-state index in [1.807, 2.05) is 31.3 Å². The molecule has 21 heavy (non-hydrogen) atoms. The van der Waals surface area contributed by atoms with E-state index in [1.54, 1.807) is 0 Å². The fraction of sp³-hybridized carbons (Fsp3) is 0.533. The Kier molecular flexibility index (Phi) is 10.1. The van der Waals surface area contributed by atoms with E-state index in [9.17, 15) is 4.79 Å². The topological polar surface area (TPSA) is 66.0 Å². The second-order valence-corrected chi connectivity index (χ2v) is 4.09. The molecule has 0 spiro atoms. The molecule has 6 nitrogen and oxygen atoms in total. The standard InChI is InChI=1S/C15H23NO5/c1-16-14-2-4-15(5-3-14)21-13-12-20-11-10-19-9-8-18-7-6-17/h2-6,16H,7-13H2,1H3. The third-order valence-electron chi connectivity index (χ3n) is 2.57. The SMILES string of the molecule is CNc1ccc(OCCOCCOCCOCC=O)cc1. The summed E-state index contributed by atoms with van der Waals surface area (Å²) in [6.07, 6.45) is 0.718. The highest BCUT2D eigenvalue weighted by Crippen LogP contribution is 2.14. The minimum atomic E-state index is 0.118. The number of anilines is 1. The summed E-state index contributed by atoms with van der Waals surface area (Å²) in [6, 6.07) is 7.73. The largest absolute Gasteiger partial charge is 0.491 e. The number of hydrogen-bond acceptors (Lipinski definition) is 6. The van der Waals surface area contributed by atoms with Crippen LogP contribution in [0.15, 0.2) is 24.3 Å². The van der Waals surface area contributed by atoms with E-state index in [1.165, 1.54) is 0 Å². The van der Waals surface area contributed by atoms with E-state index in [2.05, 4.69) is 5.32 Å². The number of carbonyl (C=O) groups is 1. The summed E-state index contributed by atoms with van der Waals surface area (Å²) in [5.74, 6) is 0.821. The van der Waals surface area contributed by atoms with Crippen LogP contribution < -0.4 is 10.1 Å². The fourth-order valence-electron chi connectivity index (χ4n) is 1.51. The molecule has 0 heterocycles. The number of hydrogen-bond donors (Lipinski definition) is 1. The number of carbonyl (C=O) groups excluding carboxylic acids is 1. The fourth-order valence-corrected chi connectivity index (χ4v) is 1.51. The maximum Gasteiger partial charge on any atom is 0.145 e. The zero-order valence-corrected chi connectivity index (χ0v) is 12.4. The quantitative estimate of drug-likeness (QED) is 0.438. The molecule has 0 saturated heterocycles. The van der Waals surface area contributed by atoms with Gasteiger partial charge in [0, 0.05) is 12.7 Å². The predicted molar refractivity (Wildman–Crippen MR) is 80.0 cm³/mol. The van der Waals surface area contributed by atoms with E-state index < -0.39 is 0 Å². The van der Waals surface area contributed by atoms with Gasteiger partial charge >= 0.3 is 0 Å². The Hall–Kier alpha value is -1.63. The highest BCUT2D eigenvalue weighted by molar-refractivity contribution is 5.50. The predicted octanol–water partition coefficient (Wildman–Crippen LogP) is 1.36. The zero-order valence-electron chi connectivity index (χ0n) is 12.4. The first-order valence-corrected chi connectivity index (χ1v) is 6.94.